The highest BCUT2D eigenvalue weighted by Gasteiger charge is 2.25. The molecular formula is C12H20N4. The van der Waals surface area contributed by atoms with Crippen LogP contribution in [0, 0.1) is 6.92 Å². The molecule has 0 amide bonds. The second-order valence-corrected chi connectivity index (χ2v) is 4.38. The van der Waals surface area contributed by atoms with Crippen molar-refractivity contribution in [1.29, 1.82) is 0 Å². The Kier molecular flexibility index (Phi) is 3.39. The fraction of sp³-hybridized carbons (Fsp3) is 0.667. The van der Waals surface area contributed by atoms with Gasteiger partial charge in [0.2, 0.25) is 5.95 Å². The Morgan fingerprint density at radius 3 is 3.06 bits per heavy atom. The lowest BCUT2D eigenvalue weighted by Crippen LogP contribution is -2.36. The summed E-state index contributed by atoms with van der Waals surface area (Å²) in [5, 5.41) is 0. The minimum Gasteiger partial charge on any atom is -0.337 e. The van der Waals surface area contributed by atoms with Gasteiger partial charge < -0.3 is 10.6 Å². The van der Waals surface area contributed by atoms with Crippen molar-refractivity contribution in [2.45, 2.75) is 39.2 Å². The van der Waals surface area contributed by atoms with Crippen molar-refractivity contribution in [2.75, 3.05) is 18.0 Å². The topological polar surface area (TPSA) is 55.0 Å². The number of aryl methyl sites for hydroxylation is 2. The first kappa shape index (κ1) is 11.3. The van der Waals surface area contributed by atoms with Crippen molar-refractivity contribution in [3.63, 3.8) is 0 Å². The van der Waals surface area contributed by atoms with Crippen LogP contribution in [-0.2, 0) is 6.42 Å². The zero-order valence-corrected chi connectivity index (χ0v) is 10.1. The van der Waals surface area contributed by atoms with Crippen molar-refractivity contribution >= 4 is 5.95 Å². The molecule has 0 spiro atoms. The third kappa shape index (κ3) is 2.02. The van der Waals surface area contributed by atoms with Crippen molar-refractivity contribution in [2.24, 2.45) is 5.73 Å². The molecule has 0 bridgehead atoms. The van der Waals surface area contributed by atoms with Crippen molar-refractivity contribution in [3.8, 4) is 0 Å². The standard InChI is InChI=1S/C12H20N4/c1-3-11-9(2)8-14-12(15-11)16-6-4-5-10(16)7-13/h8,10H,3-7,13H2,1-2H3. The van der Waals surface area contributed by atoms with E-state index in [2.05, 4.69) is 28.7 Å². The molecule has 2 heterocycles. The zero-order valence-electron chi connectivity index (χ0n) is 10.1. The smallest absolute Gasteiger partial charge is 0.225 e. The highest BCUT2D eigenvalue weighted by atomic mass is 15.3. The summed E-state index contributed by atoms with van der Waals surface area (Å²) in [6, 6.07) is 0.424. The van der Waals surface area contributed by atoms with E-state index in [1.807, 2.05) is 6.20 Å². The first-order chi connectivity index (χ1) is 7.76. The zero-order chi connectivity index (χ0) is 11.5. The van der Waals surface area contributed by atoms with E-state index in [0.717, 1.165) is 31.0 Å². The molecule has 4 nitrogen and oxygen atoms in total. The number of nitrogens with two attached hydrogens (primary N) is 1. The average molecular weight is 220 g/mol. The lowest BCUT2D eigenvalue weighted by Gasteiger charge is -2.23. The lowest BCUT2D eigenvalue weighted by molar-refractivity contribution is 0.662. The van der Waals surface area contributed by atoms with Crippen molar-refractivity contribution < 1.29 is 0 Å². The maximum Gasteiger partial charge on any atom is 0.225 e. The van der Waals surface area contributed by atoms with Crippen LogP contribution in [0.15, 0.2) is 6.20 Å². The van der Waals surface area contributed by atoms with Crippen molar-refractivity contribution in [1.82, 2.24) is 9.97 Å². The molecule has 4 heteroatoms. The minimum absolute atomic E-state index is 0.424. The third-order valence-corrected chi connectivity index (χ3v) is 3.30. The van der Waals surface area contributed by atoms with Gasteiger partial charge in [0.05, 0.1) is 0 Å². The average Bonchev–Trinajstić information content (AvgIpc) is 2.78. The van der Waals surface area contributed by atoms with Crippen LogP contribution >= 0.6 is 0 Å². The van der Waals surface area contributed by atoms with Gasteiger partial charge in [0.25, 0.3) is 0 Å². The molecule has 2 rings (SSSR count). The summed E-state index contributed by atoms with van der Waals surface area (Å²) in [7, 11) is 0. The summed E-state index contributed by atoms with van der Waals surface area (Å²) >= 11 is 0. The number of nitrogens with zero attached hydrogens (tertiary/aromatic N) is 3. The van der Waals surface area contributed by atoms with Crippen LogP contribution in [0.2, 0.25) is 0 Å². The summed E-state index contributed by atoms with van der Waals surface area (Å²) < 4.78 is 0. The molecule has 1 aromatic rings. The Morgan fingerprint density at radius 1 is 1.56 bits per heavy atom. The van der Waals surface area contributed by atoms with Crippen molar-refractivity contribution in [3.05, 3.63) is 17.5 Å². The largest absolute Gasteiger partial charge is 0.337 e. The Bertz CT molecular complexity index is 364. The van der Waals surface area contributed by atoms with E-state index in [1.54, 1.807) is 0 Å². The Morgan fingerprint density at radius 2 is 2.38 bits per heavy atom. The molecule has 0 saturated carbocycles. The van der Waals surface area contributed by atoms with Crippen LogP contribution in [0.1, 0.15) is 31.0 Å². The second-order valence-electron chi connectivity index (χ2n) is 4.38. The van der Waals surface area contributed by atoms with E-state index in [0.29, 0.717) is 12.6 Å². The molecule has 1 unspecified atom stereocenters. The molecule has 1 atom stereocenters. The minimum atomic E-state index is 0.424. The van der Waals surface area contributed by atoms with Crippen LogP contribution in [0.4, 0.5) is 5.95 Å². The summed E-state index contributed by atoms with van der Waals surface area (Å²) in [5.74, 6) is 0.857. The van der Waals surface area contributed by atoms with Gasteiger partial charge in [0.1, 0.15) is 0 Å². The number of aromatic nitrogens is 2. The van der Waals surface area contributed by atoms with E-state index >= 15 is 0 Å². The SMILES string of the molecule is CCc1nc(N2CCCC2CN)ncc1C. The monoisotopic (exact) mass is 220 g/mol. The highest BCUT2D eigenvalue weighted by Crippen LogP contribution is 2.22. The Balaban J connectivity index is 2.26. The number of rotatable bonds is 3. The molecule has 1 aliphatic rings. The highest BCUT2D eigenvalue weighted by molar-refractivity contribution is 5.36. The van der Waals surface area contributed by atoms with Gasteiger partial charge in [-0.05, 0) is 31.7 Å². The molecule has 16 heavy (non-hydrogen) atoms. The molecule has 88 valence electrons. The van der Waals surface area contributed by atoms with Gasteiger partial charge in [-0.15, -0.1) is 0 Å². The molecule has 2 N–H and O–H groups in total. The van der Waals surface area contributed by atoms with E-state index in [4.69, 9.17) is 5.73 Å². The molecular weight excluding hydrogens is 200 g/mol. The number of anilines is 1. The molecule has 0 radical (unpaired) electrons. The van der Waals surface area contributed by atoms with Gasteiger partial charge in [-0.2, -0.15) is 0 Å². The summed E-state index contributed by atoms with van der Waals surface area (Å²) in [6.45, 7) is 5.92. The van der Waals surface area contributed by atoms with E-state index in [1.165, 1.54) is 12.0 Å². The summed E-state index contributed by atoms with van der Waals surface area (Å²) in [5.41, 5.74) is 8.09. The third-order valence-electron chi connectivity index (χ3n) is 3.30. The molecule has 1 fully saturated rings. The van der Waals surface area contributed by atoms with Crippen LogP contribution in [0.3, 0.4) is 0 Å². The first-order valence-corrected chi connectivity index (χ1v) is 6.05. The second kappa shape index (κ2) is 4.78. The van der Waals surface area contributed by atoms with E-state index in [9.17, 15) is 0 Å². The predicted octanol–water partition coefficient (Wildman–Crippen LogP) is 1.27. The molecule has 1 aliphatic heterocycles. The van der Waals surface area contributed by atoms with Gasteiger partial charge in [-0.25, -0.2) is 9.97 Å². The van der Waals surface area contributed by atoms with Gasteiger partial charge in [0.15, 0.2) is 0 Å². The maximum atomic E-state index is 5.76. The van der Waals surface area contributed by atoms with E-state index < -0.39 is 0 Å². The normalized spacial score (nSPS) is 20.4. The van der Waals surface area contributed by atoms with Crippen LogP contribution < -0.4 is 10.6 Å². The fourth-order valence-corrected chi connectivity index (χ4v) is 2.31. The maximum absolute atomic E-state index is 5.76. The molecule has 0 aliphatic carbocycles. The summed E-state index contributed by atoms with van der Waals surface area (Å²) in [4.78, 5) is 11.3. The molecule has 1 saturated heterocycles. The fourth-order valence-electron chi connectivity index (χ4n) is 2.31. The van der Waals surface area contributed by atoms with E-state index in [-0.39, 0.29) is 0 Å². The first-order valence-electron chi connectivity index (χ1n) is 6.05. The molecule has 0 aromatic carbocycles. The summed E-state index contributed by atoms with van der Waals surface area (Å²) in [6.07, 6.45) is 5.24. The van der Waals surface area contributed by atoms with Gasteiger partial charge in [-0.1, -0.05) is 6.92 Å². The van der Waals surface area contributed by atoms with Gasteiger partial charge in [0, 0.05) is 31.0 Å². The predicted molar refractivity (Wildman–Crippen MR) is 65.6 cm³/mol. The van der Waals surface area contributed by atoms with Gasteiger partial charge in [-0.3, -0.25) is 0 Å². The number of hydrogen-bond acceptors (Lipinski definition) is 4. The van der Waals surface area contributed by atoms with Gasteiger partial charge >= 0.3 is 0 Å². The van der Waals surface area contributed by atoms with Crippen LogP contribution in [-0.4, -0.2) is 29.1 Å². The number of hydrogen-bond donors (Lipinski definition) is 1. The van der Waals surface area contributed by atoms with Crippen LogP contribution in [0.5, 0.6) is 0 Å². The quantitative estimate of drug-likeness (QED) is 0.833. The van der Waals surface area contributed by atoms with Crippen LogP contribution in [0.25, 0.3) is 0 Å². The Labute approximate surface area is 96.9 Å². The molecule has 1 aromatic heterocycles. The Hall–Kier alpha value is -1.16. The lowest BCUT2D eigenvalue weighted by atomic mass is 10.2.